The lowest BCUT2D eigenvalue weighted by Crippen LogP contribution is -2.44. The van der Waals surface area contributed by atoms with Gasteiger partial charge in [-0.25, -0.2) is 18.9 Å². The highest BCUT2D eigenvalue weighted by molar-refractivity contribution is 6.30. The molecular weight excluding hydrogens is 537 g/mol. The molecule has 1 fully saturated rings. The number of ether oxygens (including phenoxy) is 3. The minimum atomic E-state index is -0.895. The van der Waals surface area contributed by atoms with Gasteiger partial charge >= 0.3 is 12.2 Å². The van der Waals surface area contributed by atoms with Crippen molar-refractivity contribution >= 4 is 29.8 Å². The predicted molar refractivity (Wildman–Crippen MR) is 151 cm³/mol. The van der Waals surface area contributed by atoms with E-state index in [-0.39, 0.29) is 6.61 Å². The van der Waals surface area contributed by atoms with Gasteiger partial charge in [-0.3, -0.25) is 4.79 Å². The van der Waals surface area contributed by atoms with Gasteiger partial charge in [-0.2, -0.15) is 0 Å². The van der Waals surface area contributed by atoms with Crippen molar-refractivity contribution in [3.63, 3.8) is 0 Å². The second-order valence-corrected chi connectivity index (χ2v) is 12.3. The van der Waals surface area contributed by atoms with Crippen molar-refractivity contribution in [2.75, 3.05) is 6.61 Å². The number of nitrogens with zero attached hydrogens (tertiary/aromatic N) is 1. The molecule has 7 nitrogen and oxygen atoms in total. The van der Waals surface area contributed by atoms with Crippen LogP contribution in [-0.4, -0.2) is 46.9 Å². The summed E-state index contributed by atoms with van der Waals surface area (Å²) >= 11 is 6.06. The molecule has 0 aromatic heterocycles. The summed E-state index contributed by atoms with van der Waals surface area (Å²) in [6.45, 7) is 13.9. The van der Waals surface area contributed by atoms with E-state index in [9.17, 15) is 18.8 Å². The van der Waals surface area contributed by atoms with Gasteiger partial charge in [0.05, 0.1) is 12.0 Å². The number of carbonyl (C=O) groups excluding carboxylic acids is 3. The van der Waals surface area contributed by atoms with Crippen LogP contribution in [0.1, 0.15) is 53.5 Å². The van der Waals surface area contributed by atoms with Gasteiger partial charge in [0.25, 0.3) is 0 Å². The van der Waals surface area contributed by atoms with E-state index in [1.807, 2.05) is 12.1 Å². The van der Waals surface area contributed by atoms with Gasteiger partial charge in [-0.15, -0.1) is 6.58 Å². The summed E-state index contributed by atoms with van der Waals surface area (Å²) < 4.78 is 30.5. The fraction of sp³-hybridized carbons (Fsp3) is 0.452. The van der Waals surface area contributed by atoms with E-state index in [2.05, 4.69) is 6.58 Å². The molecule has 1 aliphatic rings. The van der Waals surface area contributed by atoms with Crippen LogP contribution in [0, 0.1) is 17.7 Å². The quantitative estimate of drug-likeness (QED) is 0.251. The van der Waals surface area contributed by atoms with Crippen LogP contribution in [0.4, 0.5) is 14.0 Å². The Bertz CT molecular complexity index is 1250. The highest BCUT2D eigenvalue weighted by Crippen LogP contribution is 2.38. The zero-order valence-electron chi connectivity index (χ0n) is 23.8. The molecule has 9 heteroatoms. The number of benzene rings is 2. The third kappa shape index (κ3) is 8.07. The van der Waals surface area contributed by atoms with Crippen LogP contribution in [0.15, 0.2) is 55.1 Å². The van der Waals surface area contributed by atoms with Crippen molar-refractivity contribution < 1.29 is 33.0 Å². The Morgan fingerprint density at radius 1 is 1.02 bits per heavy atom. The predicted octanol–water partition coefficient (Wildman–Crippen LogP) is 7.59. The SMILES string of the molecule is C=CCC1C(COC(=O)OC(C)(C)C)C(=O)N(C(=O)OC(C)(C)C)C1Cc1ccc(-c2cc(Cl)ccc2F)cc1. The largest absolute Gasteiger partial charge is 0.508 e. The number of rotatable bonds is 7. The number of hydrogen-bond acceptors (Lipinski definition) is 6. The number of allylic oxidation sites excluding steroid dienone is 1. The first kappa shape index (κ1) is 31.1. The van der Waals surface area contributed by atoms with Gasteiger partial charge in [0.15, 0.2) is 0 Å². The van der Waals surface area contributed by atoms with E-state index in [1.165, 1.54) is 12.1 Å². The highest BCUT2D eigenvalue weighted by atomic mass is 35.5. The van der Waals surface area contributed by atoms with E-state index in [0.717, 1.165) is 10.5 Å². The van der Waals surface area contributed by atoms with Crippen molar-refractivity contribution in [3.8, 4) is 11.1 Å². The number of imide groups is 1. The first-order valence-electron chi connectivity index (χ1n) is 13.2. The van der Waals surface area contributed by atoms with E-state index < -0.39 is 53.1 Å². The summed E-state index contributed by atoms with van der Waals surface area (Å²) in [7, 11) is 0. The third-order valence-electron chi connectivity index (χ3n) is 6.33. The number of likely N-dealkylation sites (tertiary alicyclic amines) is 1. The highest BCUT2D eigenvalue weighted by Gasteiger charge is 2.51. The van der Waals surface area contributed by atoms with Gasteiger partial charge < -0.3 is 14.2 Å². The Morgan fingerprint density at radius 2 is 1.65 bits per heavy atom. The molecule has 3 rings (SSSR count). The van der Waals surface area contributed by atoms with Gasteiger partial charge in [-0.1, -0.05) is 41.9 Å². The van der Waals surface area contributed by atoms with Crippen LogP contribution >= 0.6 is 11.6 Å². The monoisotopic (exact) mass is 573 g/mol. The summed E-state index contributed by atoms with van der Waals surface area (Å²) in [6, 6.07) is 10.9. The third-order valence-corrected chi connectivity index (χ3v) is 6.57. The van der Waals surface area contributed by atoms with Crippen molar-refractivity contribution in [2.24, 2.45) is 11.8 Å². The molecule has 0 saturated carbocycles. The smallest absolute Gasteiger partial charge is 0.443 e. The lowest BCUT2D eigenvalue weighted by atomic mass is 9.85. The molecule has 0 N–H and O–H groups in total. The molecule has 2 aromatic carbocycles. The molecule has 0 spiro atoms. The zero-order valence-corrected chi connectivity index (χ0v) is 24.6. The van der Waals surface area contributed by atoms with Crippen LogP contribution in [0.5, 0.6) is 0 Å². The van der Waals surface area contributed by atoms with Gasteiger partial charge in [0.2, 0.25) is 5.91 Å². The van der Waals surface area contributed by atoms with Crippen molar-refractivity contribution in [1.29, 1.82) is 0 Å². The lowest BCUT2D eigenvalue weighted by molar-refractivity contribution is -0.132. The summed E-state index contributed by atoms with van der Waals surface area (Å²) in [5.41, 5.74) is 0.239. The van der Waals surface area contributed by atoms with E-state index in [1.54, 1.807) is 65.8 Å². The van der Waals surface area contributed by atoms with Crippen LogP contribution in [0.25, 0.3) is 11.1 Å². The summed E-state index contributed by atoms with van der Waals surface area (Å²) in [6.07, 6.45) is 0.714. The van der Waals surface area contributed by atoms with Gasteiger partial charge in [0, 0.05) is 10.6 Å². The second kappa shape index (κ2) is 12.4. The molecule has 0 aliphatic carbocycles. The zero-order chi connectivity index (χ0) is 29.8. The Hall–Kier alpha value is -3.39. The Kier molecular flexibility index (Phi) is 9.67. The Labute approximate surface area is 240 Å². The summed E-state index contributed by atoms with van der Waals surface area (Å²) in [4.78, 5) is 40.3. The summed E-state index contributed by atoms with van der Waals surface area (Å²) in [5.74, 6) is -2.09. The maximum absolute atomic E-state index is 14.4. The Balaban J connectivity index is 1.91. The number of amides is 2. The fourth-order valence-corrected chi connectivity index (χ4v) is 4.86. The first-order valence-corrected chi connectivity index (χ1v) is 13.5. The van der Waals surface area contributed by atoms with E-state index in [4.69, 9.17) is 25.8 Å². The molecule has 1 aliphatic heterocycles. The molecule has 0 bridgehead atoms. The first-order chi connectivity index (χ1) is 18.6. The average Bonchev–Trinajstić information content (AvgIpc) is 3.08. The summed E-state index contributed by atoms with van der Waals surface area (Å²) in [5, 5.41) is 0.421. The molecule has 0 radical (unpaired) electrons. The maximum atomic E-state index is 14.4. The normalized spacial score (nSPS) is 19.4. The van der Waals surface area contributed by atoms with Gasteiger partial charge in [0.1, 0.15) is 23.6 Å². The molecule has 216 valence electrons. The van der Waals surface area contributed by atoms with Gasteiger partial charge in [-0.05, 0) is 89.6 Å². The molecule has 1 heterocycles. The molecule has 1 saturated heterocycles. The van der Waals surface area contributed by atoms with Crippen LogP contribution < -0.4 is 0 Å². The Morgan fingerprint density at radius 3 is 2.23 bits per heavy atom. The minimum absolute atomic E-state index is 0.255. The lowest BCUT2D eigenvalue weighted by Gasteiger charge is -2.29. The molecule has 40 heavy (non-hydrogen) atoms. The van der Waals surface area contributed by atoms with Crippen LogP contribution in [-0.2, 0) is 25.4 Å². The molecule has 3 unspecified atom stereocenters. The standard InChI is InChI=1S/C31H37ClFNO6/c1-8-9-22-24(18-38-29(37)40-31(5,6)7)27(35)34(28(36)39-30(2,3)4)26(22)16-19-10-12-20(13-11-19)23-17-21(32)14-15-25(23)33/h8,10-15,17,22,24,26H,1,9,16,18H2,2-7H3. The second-order valence-electron chi connectivity index (χ2n) is 11.9. The molecule has 2 amide bonds. The molecular formula is C31H37ClFNO6. The van der Waals surface area contributed by atoms with Crippen molar-refractivity contribution in [2.45, 2.75) is 71.6 Å². The van der Waals surface area contributed by atoms with Crippen LogP contribution in [0.3, 0.4) is 0 Å². The van der Waals surface area contributed by atoms with E-state index >= 15 is 0 Å². The van der Waals surface area contributed by atoms with Crippen molar-refractivity contribution in [1.82, 2.24) is 4.90 Å². The van der Waals surface area contributed by atoms with E-state index in [0.29, 0.717) is 29.0 Å². The minimum Gasteiger partial charge on any atom is -0.443 e. The average molecular weight is 574 g/mol. The number of hydrogen-bond donors (Lipinski definition) is 0. The maximum Gasteiger partial charge on any atom is 0.508 e. The number of halogens is 2. The number of carbonyl (C=O) groups is 3. The molecule has 2 aromatic rings. The van der Waals surface area contributed by atoms with Crippen LogP contribution in [0.2, 0.25) is 5.02 Å². The van der Waals surface area contributed by atoms with Crippen molar-refractivity contribution in [3.05, 3.63) is 71.5 Å². The molecule has 3 atom stereocenters. The topological polar surface area (TPSA) is 82.1 Å². The fourth-order valence-electron chi connectivity index (χ4n) is 4.69.